The third kappa shape index (κ3) is 4.56. The zero-order valence-electron chi connectivity index (χ0n) is 17.9. The van der Waals surface area contributed by atoms with Crippen LogP contribution in [0, 0.1) is 5.92 Å². The largest absolute Gasteiger partial charge is 0.450 e. The molecule has 0 radical (unpaired) electrons. The summed E-state index contributed by atoms with van der Waals surface area (Å²) in [5.74, 6) is -0.586. The van der Waals surface area contributed by atoms with Crippen molar-refractivity contribution in [1.82, 2.24) is 24.8 Å². The molecule has 1 N–H and O–H groups in total. The Morgan fingerprint density at radius 2 is 1.97 bits per heavy atom. The number of benzene rings is 1. The molecule has 12 heteroatoms. The lowest BCUT2D eigenvalue weighted by Gasteiger charge is -2.34. The van der Waals surface area contributed by atoms with E-state index in [9.17, 15) is 18.0 Å². The Hall–Kier alpha value is -2.73. The lowest BCUT2D eigenvalue weighted by Crippen LogP contribution is -2.50. The second kappa shape index (κ2) is 9.41. The van der Waals surface area contributed by atoms with E-state index in [1.54, 1.807) is 24.0 Å². The molecule has 2 aromatic rings. The van der Waals surface area contributed by atoms with Gasteiger partial charge in [0.15, 0.2) is 5.52 Å². The van der Waals surface area contributed by atoms with E-state index in [0.29, 0.717) is 57.4 Å². The molecule has 2 saturated heterocycles. The Kier molecular flexibility index (Phi) is 6.60. The monoisotopic (exact) mass is 465 g/mol. The molecule has 2 amide bonds. The van der Waals surface area contributed by atoms with Crippen LogP contribution in [-0.2, 0) is 19.6 Å². The number of nitrogens with one attached hydrogen (secondary N) is 1. The Labute approximate surface area is 186 Å². The number of hydrogen-bond donors (Lipinski definition) is 1. The highest BCUT2D eigenvalue weighted by Crippen LogP contribution is 2.28. The molecular formula is C20H27N5O6S. The molecule has 11 nitrogen and oxygen atoms in total. The van der Waals surface area contributed by atoms with Crippen molar-refractivity contribution in [1.29, 1.82) is 0 Å². The van der Waals surface area contributed by atoms with Gasteiger partial charge in [0.1, 0.15) is 10.4 Å². The number of likely N-dealkylation sites (tertiary alicyclic amines) is 1. The van der Waals surface area contributed by atoms with Gasteiger partial charge in [-0.2, -0.15) is 4.31 Å². The maximum Gasteiger partial charge on any atom is 0.409 e. The first-order chi connectivity index (χ1) is 15.4. The van der Waals surface area contributed by atoms with Crippen LogP contribution >= 0.6 is 0 Å². The minimum absolute atomic E-state index is 0.0312. The van der Waals surface area contributed by atoms with Crippen LogP contribution in [0.15, 0.2) is 27.7 Å². The summed E-state index contributed by atoms with van der Waals surface area (Å²) in [7, 11) is -3.85. The molecule has 32 heavy (non-hydrogen) atoms. The normalized spacial score (nSPS) is 20.9. The van der Waals surface area contributed by atoms with Crippen LogP contribution in [0.1, 0.15) is 32.6 Å². The first kappa shape index (κ1) is 22.5. The molecule has 2 aliphatic heterocycles. The Morgan fingerprint density at radius 3 is 2.72 bits per heavy atom. The predicted octanol–water partition coefficient (Wildman–Crippen LogP) is 1.36. The van der Waals surface area contributed by atoms with Crippen molar-refractivity contribution in [3.05, 3.63) is 18.2 Å². The van der Waals surface area contributed by atoms with Crippen molar-refractivity contribution in [3.8, 4) is 0 Å². The minimum atomic E-state index is -3.85. The molecule has 0 saturated carbocycles. The van der Waals surface area contributed by atoms with Gasteiger partial charge in [-0.25, -0.2) is 17.8 Å². The fraction of sp³-hybridized carbons (Fsp3) is 0.600. The number of ether oxygens (including phenoxy) is 1. The molecule has 3 heterocycles. The summed E-state index contributed by atoms with van der Waals surface area (Å²) in [5, 5.41) is 10.5. The molecular weight excluding hydrogens is 438 g/mol. The molecule has 1 unspecified atom stereocenters. The standard InChI is InChI=1S/C20H27N5O6S/c1-2-30-20(27)24-11-8-15(9-12-24)21-19(26)14-5-4-10-25(13-14)32(28,29)17-7-3-6-16-18(17)23-31-22-16/h3,6-7,14-15H,2,4-5,8-13H2,1H3,(H,21,26). The summed E-state index contributed by atoms with van der Waals surface area (Å²) in [6, 6.07) is 4.65. The van der Waals surface area contributed by atoms with Gasteiger partial charge in [-0.15, -0.1) is 0 Å². The molecule has 0 spiro atoms. The Bertz CT molecular complexity index is 1080. The zero-order valence-corrected chi connectivity index (χ0v) is 18.7. The van der Waals surface area contributed by atoms with E-state index < -0.39 is 15.9 Å². The molecule has 1 aromatic heterocycles. The summed E-state index contributed by atoms with van der Waals surface area (Å²) in [4.78, 5) is 26.4. The van der Waals surface area contributed by atoms with Gasteiger partial charge in [0, 0.05) is 32.2 Å². The molecule has 0 bridgehead atoms. The highest BCUT2D eigenvalue weighted by molar-refractivity contribution is 7.89. The van der Waals surface area contributed by atoms with Crippen LogP contribution in [0.2, 0.25) is 0 Å². The van der Waals surface area contributed by atoms with Crippen LogP contribution in [0.5, 0.6) is 0 Å². The summed E-state index contributed by atoms with van der Waals surface area (Å²) >= 11 is 0. The third-order valence-electron chi connectivity index (χ3n) is 5.99. The number of aromatic nitrogens is 2. The number of piperidine rings is 2. The summed E-state index contributed by atoms with van der Waals surface area (Å²) in [6.45, 7) is 3.58. The van der Waals surface area contributed by atoms with Gasteiger partial charge in [0.2, 0.25) is 15.9 Å². The molecule has 0 aliphatic carbocycles. The average Bonchev–Trinajstić information content (AvgIpc) is 3.28. The molecule has 2 fully saturated rings. The fourth-order valence-electron chi connectivity index (χ4n) is 4.24. The van der Waals surface area contributed by atoms with Crippen molar-refractivity contribution < 1.29 is 27.4 Å². The van der Waals surface area contributed by atoms with Gasteiger partial charge in [0.05, 0.1) is 12.5 Å². The van der Waals surface area contributed by atoms with Crippen LogP contribution in [0.25, 0.3) is 11.0 Å². The molecule has 2 aliphatic rings. The van der Waals surface area contributed by atoms with E-state index in [1.165, 1.54) is 10.4 Å². The maximum absolute atomic E-state index is 13.2. The number of sulfonamides is 1. The van der Waals surface area contributed by atoms with Crippen molar-refractivity contribution in [2.75, 3.05) is 32.8 Å². The number of amides is 2. The highest BCUT2D eigenvalue weighted by Gasteiger charge is 2.36. The van der Waals surface area contributed by atoms with E-state index in [1.807, 2.05) is 0 Å². The molecule has 4 rings (SSSR count). The van der Waals surface area contributed by atoms with Gasteiger partial charge < -0.3 is 15.0 Å². The van der Waals surface area contributed by atoms with E-state index in [2.05, 4.69) is 20.3 Å². The number of hydrogen-bond acceptors (Lipinski definition) is 8. The van der Waals surface area contributed by atoms with Crippen molar-refractivity contribution in [2.24, 2.45) is 5.92 Å². The first-order valence-corrected chi connectivity index (χ1v) is 12.3. The van der Waals surface area contributed by atoms with Gasteiger partial charge in [-0.1, -0.05) is 6.07 Å². The highest BCUT2D eigenvalue weighted by atomic mass is 32.2. The van der Waals surface area contributed by atoms with Crippen molar-refractivity contribution in [3.63, 3.8) is 0 Å². The summed E-state index contributed by atoms with van der Waals surface area (Å²) < 4.78 is 37.5. The maximum atomic E-state index is 13.2. The molecule has 1 atom stereocenters. The quantitative estimate of drug-likeness (QED) is 0.699. The number of rotatable bonds is 5. The zero-order chi connectivity index (χ0) is 22.7. The van der Waals surface area contributed by atoms with E-state index in [0.717, 1.165) is 0 Å². The smallest absolute Gasteiger partial charge is 0.409 e. The average molecular weight is 466 g/mol. The number of nitrogens with zero attached hydrogens (tertiary/aromatic N) is 4. The Balaban J connectivity index is 1.37. The first-order valence-electron chi connectivity index (χ1n) is 10.8. The van der Waals surface area contributed by atoms with Crippen molar-refractivity contribution >= 4 is 33.1 Å². The number of carbonyl (C=O) groups excluding carboxylic acids is 2. The van der Waals surface area contributed by atoms with E-state index >= 15 is 0 Å². The van der Waals surface area contributed by atoms with Gasteiger partial charge in [0.25, 0.3) is 0 Å². The van der Waals surface area contributed by atoms with Crippen LogP contribution in [-0.4, -0.2) is 78.8 Å². The Morgan fingerprint density at radius 1 is 1.19 bits per heavy atom. The summed E-state index contributed by atoms with van der Waals surface area (Å²) in [6.07, 6.45) is 2.16. The van der Waals surface area contributed by atoms with E-state index in [-0.39, 0.29) is 35.0 Å². The summed E-state index contributed by atoms with van der Waals surface area (Å²) in [5.41, 5.74) is 0.555. The molecule has 174 valence electrons. The molecule has 1 aromatic carbocycles. The lowest BCUT2D eigenvalue weighted by atomic mass is 9.97. The van der Waals surface area contributed by atoms with Crippen LogP contribution < -0.4 is 5.32 Å². The number of carbonyl (C=O) groups is 2. The topological polar surface area (TPSA) is 135 Å². The lowest BCUT2D eigenvalue weighted by molar-refractivity contribution is -0.127. The van der Waals surface area contributed by atoms with Crippen LogP contribution in [0.4, 0.5) is 4.79 Å². The number of fused-ring (bicyclic) bond motifs is 1. The predicted molar refractivity (Wildman–Crippen MR) is 113 cm³/mol. The van der Waals surface area contributed by atoms with Gasteiger partial charge in [-0.3, -0.25) is 4.79 Å². The van der Waals surface area contributed by atoms with E-state index in [4.69, 9.17) is 4.74 Å². The second-order valence-electron chi connectivity index (χ2n) is 8.06. The third-order valence-corrected chi connectivity index (χ3v) is 7.89. The fourth-order valence-corrected chi connectivity index (χ4v) is 5.90. The van der Waals surface area contributed by atoms with Crippen LogP contribution in [0.3, 0.4) is 0 Å². The SMILES string of the molecule is CCOC(=O)N1CCC(NC(=O)C2CCCN(S(=O)(=O)c3cccc4nonc34)C2)CC1. The van der Waals surface area contributed by atoms with Gasteiger partial charge >= 0.3 is 6.09 Å². The van der Waals surface area contributed by atoms with Crippen molar-refractivity contribution in [2.45, 2.75) is 43.5 Å². The van der Waals surface area contributed by atoms with Gasteiger partial charge in [-0.05, 0) is 55.1 Å². The second-order valence-corrected chi connectivity index (χ2v) is 9.97. The minimum Gasteiger partial charge on any atom is -0.450 e.